The standard InChI is InChI=1S/C25H25N5O3/c31-23(19-4-5-22-18(15-19)6-9-27-22)16-21-17-24(30-10-13-32-14-11-30)29-25(28-21)33-12-7-20-3-1-2-8-26-20/h1-6,8-9,15,17,27H,7,10-14,16H2. The summed E-state index contributed by atoms with van der Waals surface area (Å²) in [6.45, 7) is 3.17. The Hall–Kier alpha value is -3.78. The lowest BCUT2D eigenvalue weighted by molar-refractivity contribution is 0.0991. The number of H-pyrrole nitrogens is 1. The number of ether oxygens (including phenoxy) is 2. The maximum absolute atomic E-state index is 13.0. The number of rotatable bonds is 8. The Kier molecular flexibility index (Phi) is 6.25. The van der Waals surface area contributed by atoms with Crippen LogP contribution in [0.5, 0.6) is 6.01 Å². The summed E-state index contributed by atoms with van der Waals surface area (Å²) in [6, 6.07) is 15.6. The number of aromatic amines is 1. The van der Waals surface area contributed by atoms with Crippen molar-refractivity contribution in [1.29, 1.82) is 0 Å². The van der Waals surface area contributed by atoms with E-state index in [1.54, 1.807) is 6.20 Å². The highest BCUT2D eigenvalue weighted by atomic mass is 16.5. The summed E-state index contributed by atoms with van der Waals surface area (Å²) < 4.78 is 11.3. The van der Waals surface area contributed by atoms with E-state index in [4.69, 9.17) is 9.47 Å². The average molecular weight is 444 g/mol. The van der Waals surface area contributed by atoms with E-state index < -0.39 is 0 Å². The summed E-state index contributed by atoms with van der Waals surface area (Å²) in [4.78, 5) is 31.8. The van der Waals surface area contributed by atoms with Gasteiger partial charge in [-0.25, -0.2) is 0 Å². The van der Waals surface area contributed by atoms with E-state index >= 15 is 0 Å². The monoisotopic (exact) mass is 443 g/mol. The van der Waals surface area contributed by atoms with Crippen LogP contribution in [0.1, 0.15) is 21.7 Å². The Labute approximate surface area is 191 Å². The SMILES string of the molecule is O=C(Cc1cc(N2CCOCC2)nc(OCCc2ccccn2)n1)c1ccc2[nH]ccc2c1. The molecule has 168 valence electrons. The second-order valence-corrected chi connectivity index (χ2v) is 7.90. The number of pyridine rings is 1. The number of nitrogens with zero attached hydrogens (tertiary/aromatic N) is 4. The smallest absolute Gasteiger partial charge is 0.318 e. The van der Waals surface area contributed by atoms with E-state index in [0.717, 1.165) is 35.5 Å². The number of fused-ring (bicyclic) bond motifs is 1. The maximum atomic E-state index is 13.0. The molecule has 0 unspecified atom stereocenters. The van der Waals surface area contributed by atoms with Crippen molar-refractivity contribution in [2.24, 2.45) is 0 Å². The van der Waals surface area contributed by atoms with Gasteiger partial charge in [-0.05, 0) is 36.4 Å². The molecule has 33 heavy (non-hydrogen) atoms. The number of Topliss-reactive ketones (excluding diaryl/α,β-unsaturated/α-hetero) is 1. The van der Waals surface area contributed by atoms with Gasteiger partial charge in [-0.3, -0.25) is 9.78 Å². The van der Waals surface area contributed by atoms with Crippen molar-refractivity contribution in [2.75, 3.05) is 37.8 Å². The highest BCUT2D eigenvalue weighted by Crippen LogP contribution is 2.20. The van der Waals surface area contributed by atoms with Crippen LogP contribution in [0.3, 0.4) is 0 Å². The Bertz CT molecular complexity index is 1240. The average Bonchev–Trinajstić information content (AvgIpc) is 3.33. The van der Waals surface area contributed by atoms with Gasteiger partial charge in [0.2, 0.25) is 0 Å². The number of carbonyl (C=O) groups is 1. The lowest BCUT2D eigenvalue weighted by Crippen LogP contribution is -2.37. The first-order valence-electron chi connectivity index (χ1n) is 11.1. The third kappa shape index (κ3) is 5.18. The van der Waals surface area contributed by atoms with Crippen molar-refractivity contribution in [2.45, 2.75) is 12.8 Å². The van der Waals surface area contributed by atoms with E-state index in [9.17, 15) is 4.79 Å². The molecule has 0 saturated carbocycles. The van der Waals surface area contributed by atoms with E-state index in [1.807, 2.05) is 54.7 Å². The fourth-order valence-corrected chi connectivity index (χ4v) is 3.86. The molecule has 1 N–H and O–H groups in total. The molecule has 4 heterocycles. The number of morpholine rings is 1. The van der Waals surface area contributed by atoms with E-state index in [2.05, 4.69) is 24.8 Å². The van der Waals surface area contributed by atoms with Crippen molar-refractivity contribution in [3.05, 3.63) is 77.9 Å². The Morgan fingerprint density at radius 2 is 1.97 bits per heavy atom. The molecule has 0 aliphatic carbocycles. The molecule has 1 saturated heterocycles. The topological polar surface area (TPSA) is 93.2 Å². The molecule has 0 radical (unpaired) electrons. The van der Waals surface area contributed by atoms with Gasteiger partial charge in [0, 0.05) is 60.1 Å². The second-order valence-electron chi connectivity index (χ2n) is 7.90. The number of carbonyl (C=O) groups excluding carboxylic acids is 1. The largest absolute Gasteiger partial charge is 0.463 e. The molecule has 4 aromatic rings. The Morgan fingerprint density at radius 1 is 1.06 bits per heavy atom. The van der Waals surface area contributed by atoms with Crippen LogP contribution in [-0.4, -0.2) is 58.6 Å². The fraction of sp³-hybridized carbons (Fsp3) is 0.280. The molecule has 0 bridgehead atoms. The van der Waals surface area contributed by atoms with Crippen molar-refractivity contribution < 1.29 is 14.3 Å². The quantitative estimate of drug-likeness (QED) is 0.418. The number of aromatic nitrogens is 4. The molecule has 0 spiro atoms. The summed E-state index contributed by atoms with van der Waals surface area (Å²) in [7, 11) is 0. The van der Waals surface area contributed by atoms with Crippen LogP contribution in [-0.2, 0) is 17.6 Å². The van der Waals surface area contributed by atoms with Gasteiger partial charge in [-0.1, -0.05) is 6.07 Å². The van der Waals surface area contributed by atoms with Crippen LogP contribution < -0.4 is 9.64 Å². The molecule has 1 aromatic carbocycles. The van der Waals surface area contributed by atoms with Gasteiger partial charge >= 0.3 is 6.01 Å². The second kappa shape index (κ2) is 9.79. The fourth-order valence-electron chi connectivity index (χ4n) is 3.86. The molecule has 5 rings (SSSR count). The predicted octanol–water partition coefficient (Wildman–Crippen LogP) is 3.24. The van der Waals surface area contributed by atoms with E-state index in [0.29, 0.717) is 37.5 Å². The van der Waals surface area contributed by atoms with Crippen molar-refractivity contribution in [1.82, 2.24) is 19.9 Å². The zero-order chi connectivity index (χ0) is 22.5. The first kappa shape index (κ1) is 21.1. The van der Waals surface area contributed by atoms with E-state index in [1.165, 1.54) is 0 Å². The van der Waals surface area contributed by atoms with Gasteiger partial charge in [-0.2, -0.15) is 9.97 Å². The number of ketones is 1. The molecule has 8 nitrogen and oxygen atoms in total. The summed E-state index contributed by atoms with van der Waals surface area (Å²) in [5, 5.41) is 1.01. The van der Waals surface area contributed by atoms with Crippen LogP contribution in [0.2, 0.25) is 0 Å². The third-order valence-corrected chi connectivity index (χ3v) is 5.61. The predicted molar refractivity (Wildman–Crippen MR) is 125 cm³/mol. The van der Waals surface area contributed by atoms with Gasteiger partial charge in [0.05, 0.1) is 31.9 Å². The minimum absolute atomic E-state index is 0.00385. The lowest BCUT2D eigenvalue weighted by Gasteiger charge is -2.28. The Morgan fingerprint density at radius 3 is 2.82 bits per heavy atom. The molecular formula is C25H25N5O3. The van der Waals surface area contributed by atoms with Crippen LogP contribution in [0.4, 0.5) is 5.82 Å². The molecule has 1 aliphatic rings. The van der Waals surface area contributed by atoms with Gasteiger partial charge in [0.25, 0.3) is 0 Å². The molecule has 3 aromatic heterocycles. The number of benzene rings is 1. The first-order valence-corrected chi connectivity index (χ1v) is 11.1. The van der Waals surface area contributed by atoms with Gasteiger partial charge in [0.15, 0.2) is 5.78 Å². The van der Waals surface area contributed by atoms with Crippen LogP contribution >= 0.6 is 0 Å². The van der Waals surface area contributed by atoms with Crippen LogP contribution in [0.25, 0.3) is 10.9 Å². The lowest BCUT2D eigenvalue weighted by atomic mass is 10.0. The van der Waals surface area contributed by atoms with Crippen molar-refractivity contribution >= 4 is 22.5 Å². The zero-order valence-corrected chi connectivity index (χ0v) is 18.2. The number of hydrogen-bond donors (Lipinski definition) is 1. The molecule has 8 heteroatoms. The highest BCUT2D eigenvalue weighted by Gasteiger charge is 2.18. The summed E-state index contributed by atoms with van der Waals surface area (Å²) in [5.41, 5.74) is 3.24. The highest BCUT2D eigenvalue weighted by molar-refractivity contribution is 6.00. The van der Waals surface area contributed by atoms with Crippen LogP contribution in [0, 0.1) is 0 Å². The minimum atomic E-state index is 0.00385. The Balaban J connectivity index is 1.35. The number of hydrogen-bond acceptors (Lipinski definition) is 7. The van der Waals surface area contributed by atoms with Crippen molar-refractivity contribution in [3.63, 3.8) is 0 Å². The third-order valence-electron chi connectivity index (χ3n) is 5.61. The first-order chi connectivity index (χ1) is 16.2. The summed E-state index contributed by atoms with van der Waals surface area (Å²) in [6.07, 6.45) is 4.45. The van der Waals surface area contributed by atoms with Crippen molar-refractivity contribution in [3.8, 4) is 6.01 Å². The van der Waals surface area contributed by atoms with Gasteiger partial charge < -0.3 is 19.4 Å². The minimum Gasteiger partial charge on any atom is -0.463 e. The summed E-state index contributed by atoms with van der Waals surface area (Å²) >= 11 is 0. The molecule has 1 aliphatic heterocycles. The molecule has 0 atom stereocenters. The number of nitrogens with one attached hydrogen (secondary N) is 1. The van der Waals surface area contributed by atoms with Gasteiger partial charge in [-0.15, -0.1) is 0 Å². The maximum Gasteiger partial charge on any atom is 0.318 e. The summed E-state index contributed by atoms with van der Waals surface area (Å²) in [5.74, 6) is 0.759. The number of anilines is 1. The molecule has 1 fully saturated rings. The molecule has 0 amide bonds. The van der Waals surface area contributed by atoms with Gasteiger partial charge in [0.1, 0.15) is 5.82 Å². The zero-order valence-electron chi connectivity index (χ0n) is 18.2. The normalized spacial score (nSPS) is 13.9. The van der Waals surface area contributed by atoms with E-state index in [-0.39, 0.29) is 18.2 Å². The van der Waals surface area contributed by atoms with Crippen LogP contribution in [0.15, 0.2) is 60.9 Å². The molecular weight excluding hydrogens is 418 g/mol.